The first-order valence-electron chi connectivity index (χ1n) is 3.83. The molecule has 0 radical (unpaired) electrons. The van der Waals surface area contributed by atoms with Gasteiger partial charge in [0.15, 0.2) is 13.3 Å². The number of fused-ring (bicyclic) bond motifs is 1. The summed E-state index contributed by atoms with van der Waals surface area (Å²) in [5.74, 6) is 0. The van der Waals surface area contributed by atoms with Gasteiger partial charge in [0.1, 0.15) is 5.65 Å². The van der Waals surface area contributed by atoms with Crippen LogP contribution >= 0.6 is 15.9 Å². The number of pyridine rings is 2. The van der Waals surface area contributed by atoms with E-state index in [0.29, 0.717) is 11.0 Å². The SMILES string of the molecule is Bc1nc2[nH]ccc(=O)c2cc1Br. The smallest absolute Gasteiger partial charge is 0.191 e. The molecule has 0 aliphatic carbocycles. The molecule has 0 atom stereocenters. The molecule has 13 heavy (non-hydrogen) atoms. The average molecular weight is 237 g/mol. The lowest BCUT2D eigenvalue weighted by molar-refractivity contribution is 1.30. The molecule has 0 aliphatic heterocycles. The Hall–Kier alpha value is -1.10. The molecule has 0 unspecified atom stereocenters. The minimum absolute atomic E-state index is 0.0121. The average Bonchev–Trinajstić information content (AvgIpc) is 2.09. The molecule has 0 amide bonds. The molecule has 0 saturated heterocycles. The Kier molecular flexibility index (Phi) is 1.96. The van der Waals surface area contributed by atoms with Crippen LogP contribution in [0.5, 0.6) is 0 Å². The van der Waals surface area contributed by atoms with E-state index in [2.05, 4.69) is 25.9 Å². The van der Waals surface area contributed by atoms with E-state index in [4.69, 9.17) is 0 Å². The Morgan fingerprint density at radius 2 is 2.31 bits per heavy atom. The second kappa shape index (κ2) is 2.99. The Morgan fingerprint density at radius 3 is 3.08 bits per heavy atom. The van der Waals surface area contributed by atoms with E-state index in [1.54, 1.807) is 12.3 Å². The Balaban J connectivity index is 2.97. The number of hydrogen-bond acceptors (Lipinski definition) is 2. The van der Waals surface area contributed by atoms with Gasteiger partial charge in [-0.1, -0.05) is 0 Å². The van der Waals surface area contributed by atoms with Crippen LogP contribution in [0.2, 0.25) is 0 Å². The van der Waals surface area contributed by atoms with Crippen molar-refractivity contribution in [1.29, 1.82) is 0 Å². The van der Waals surface area contributed by atoms with Gasteiger partial charge in [-0.05, 0) is 22.0 Å². The largest absolute Gasteiger partial charge is 0.346 e. The normalized spacial score (nSPS) is 10.5. The zero-order valence-corrected chi connectivity index (χ0v) is 8.55. The van der Waals surface area contributed by atoms with Crippen molar-refractivity contribution >= 4 is 40.4 Å². The van der Waals surface area contributed by atoms with Crippen LogP contribution in [0, 0.1) is 0 Å². The van der Waals surface area contributed by atoms with Gasteiger partial charge in [-0.15, -0.1) is 0 Å². The lowest BCUT2D eigenvalue weighted by Crippen LogP contribution is -2.13. The van der Waals surface area contributed by atoms with Gasteiger partial charge in [0.25, 0.3) is 0 Å². The number of aromatic amines is 1. The topological polar surface area (TPSA) is 45.8 Å². The molecular weight excluding hydrogens is 231 g/mol. The van der Waals surface area contributed by atoms with E-state index in [1.807, 2.05) is 7.85 Å². The maximum atomic E-state index is 11.4. The van der Waals surface area contributed by atoms with Crippen molar-refractivity contribution in [2.24, 2.45) is 0 Å². The number of rotatable bonds is 0. The number of halogens is 1. The Bertz CT molecular complexity index is 523. The van der Waals surface area contributed by atoms with E-state index >= 15 is 0 Å². The summed E-state index contributed by atoms with van der Waals surface area (Å²) in [4.78, 5) is 18.5. The number of nitrogens with one attached hydrogen (secondary N) is 1. The predicted octanol–water partition coefficient (Wildman–Crippen LogP) is -0.0560. The summed E-state index contributed by atoms with van der Waals surface area (Å²) in [6.07, 6.45) is 1.60. The van der Waals surface area contributed by atoms with E-state index in [1.165, 1.54) is 6.07 Å². The van der Waals surface area contributed by atoms with Crippen molar-refractivity contribution in [2.45, 2.75) is 0 Å². The van der Waals surface area contributed by atoms with Gasteiger partial charge in [-0.25, -0.2) is 4.98 Å². The zero-order chi connectivity index (χ0) is 9.42. The number of nitrogens with zero attached hydrogens (tertiary/aromatic N) is 1. The van der Waals surface area contributed by atoms with Crippen molar-refractivity contribution in [3.05, 3.63) is 33.0 Å². The summed E-state index contributed by atoms with van der Waals surface area (Å²) >= 11 is 3.34. The molecule has 2 aromatic heterocycles. The standard InChI is InChI=1S/C8H6BBrN2O/c9-7-5(10)3-4-6(13)1-2-11-8(4)12-7/h1-3H,9H2,(H,11,12,13). The molecule has 64 valence electrons. The Morgan fingerprint density at radius 1 is 1.54 bits per heavy atom. The zero-order valence-electron chi connectivity index (χ0n) is 6.97. The summed E-state index contributed by atoms with van der Waals surface area (Å²) in [6, 6.07) is 3.28. The number of H-pyrrole nitrogens is 1. The Labute approximate surface area is 83.7 Å². The molecule has 3 nitrogen and oxygen atoms in total. The lowest BCUT2D eigenvalue weighted by Gasteiger charge is -2.00. The maximum absolute atomic E-state index is 11.4. The van der Waals surface area contributed by atoms with Gasteiger partial charge in [0.05, 0.1) is 5.39 Å². The van der Waals surface area contributed by atoms with Crippen molar-refractivity contribution in [2.75, 3.05) is 0 Å². The van der Waals surface area contributed by atoms with Crippen LogP contribution in [0.4, 0.5) is 0 Å². The molecule has 0 spiro atoms. The highest BCUT2D eigenvalue weighted by Gasteiger charge is 2.02. The molecule has 2 aromatic rings. The molecule has 5 heteroatoms. The van der Waals surface area contributed by atoms with E-state index in [-0.39, 0.29) is 5.43 Å². The van der Waals surface area contributed by atoms with Gasteiger partial charge in [0.2, 0.25) is 0 Å². The van der Waals surface area contributed by atoms with E-state index in [9.17, 15) is 4.79 Å². The first-order valence-corrected chi connectivity index (χ1v) is 4.62. The summed E-state index contributed by atoms with van der Waals surface area (Å²) in [5, 5.41) is 0.611. The monoisotopic (exact) mass is 236 g/mol. The molecule has 0 bridgehead atoms. The summed E-state index contributed by atoms with van der Waals surface area (Å²) < 4.78 is 0.858. The maximum Gasteiger partial charge on any atom is 0.191 e. The van der Waals surface area contributed by atoms with Crippen molar-refractivity contribution < 1.29 is 0 Å². The van der Waals surface area contributed by atoms with Crippen LogP contribution < -0.4 is 11.0 Å². The first kappa shape index (κ1) is 8.50. The molecule has 0 fully saturated rings. The highest BCUT2D eigenvalue weighted by molar-refractivity contribution is 9.10. The lowest BCUT2D eigenvalue weighted by atomic mass is 10.0. The third-order valence-corrected chi connectivity index (χ3v) is 2.67. The molecular formula is C8H6BBrN2O. The minimum Gasteiger partial charge on any atom is -0.346 e. The minimum atomic E-state index is -0.0121. The molecule has 2 rings (SSSR count). The van der Waals surface area contributed by atoms with Crippen molar-refractivity contribution in [3.8, 4) is 0 Å². The number of aromatic nitrogens is 2. The highest BCUT2D eigenvalue weighted by Crippen LogP contribution is 2.09. The fourth-order valence-electron chi connectivity index (χ4n) is 1.16. The third-order valence-electron chi connectivity index (χ3n) is 1.87. The van der Waals surface area contributed by atoms with Gasteiger partial charge in [-0.3, -0.25) is 4.79 Å². The highest BCUT2D eigenvalue weighted by atomic mass is 79.9. The molecule has 1 N–H and O–H groups in total. The summed E-state index contributed by atoms with van der Waals surface area (Å²) in [6.45, 7) is 0. The predicted molar refractivity (Wildman–Crippen MR) is 58.2 cm³/mol. The van der Waals surface area contributed by atoms with Crippen molar-refractivity contribution in [1.82, 2.24) is 9.97 Å². The van der Waals surface area contributed by atoms with Gasteiger partial charge in [0, 0.05) is 22.3 Å². The van der Waals surface area contributed by atoms with Crippen LogP contribution in [0.25, 0.3) is 11.0 Å². The van der Waals surface area contributed by atoms with Gasteiger partial charge >= 0.3 is 0 Å². The molecule has 0 saturated carbocycles. The van der Waals surface area contributed by atoms with Crippen molar-refractivity contribution in [3.63, 3.8) is 0 Å². The van der Waals surface area contributed by atoms with Crippen LogP contribution in [-0.2, 0) is 0 Å². The summed E-state index contributed by atoms with van der Waals surface area (Å²) in [7, 11) is 1.88. The summed E-state index contributed by atoms with van der Waals surface area (Å²) in [5.41, 5.74) is 1.49. The van der Waals surface area contributed by atoms with Gasteiger partial charge < -0.3 is 4.98 Å². The number of hydrogen-bond donors (Lipinski definition) is 1. The quantitative estimate of drug-likeness (QED) is 0.652. The molecule has 0 aliphatic rings. The fourth-order valence-corrected chi connectivity index (χ4v) is 1.48. The van der Waals surface area contributed by atoms with Crippen LogP contribution in [0.3, 0.4) is 0 Å². The molecule has 0 aromatic carbocycles. The second-order valence-corrected chi connectivity index (χ2v) is 3.65. The first-order chi connectivity index (χ1) is 6.18. The third kappa shape index (κ3) is 1.39. The second-order valence-electron chi connectivity index (χ2n) is 2.79. The fraction of sp³-hybridized carbons (Fsp3) is 0. The van der Waals surface area contributed by atoms with Gasteiger partial charge in [-0.2, -0.15) is 0 Å². The van der Waals surface area contributed by atoms with E-state index < -0.39 is 0 Å². The van der Waals surface area contributed by atoms with E-state index in [0.717, 1.165) is 10.1 Å². The van der Waals surface area contributed by atoms with Crippen LogP contribution in [-0.4, -0.2) is 17.8 Å². The molecule has 2 heterocycles. The van der Waals surface area contributed by atoms with Crippen LogP contribution in [0.1, 0.15) is 0 Å². The van der Waals surface area contributed by atoms with Crippen LogP contribution in [0.15, 0.2) is 27.6 Å².